The van der Waals surface area contributed by atoms with Gasteiger partial charge in [-0.2, -0.15) is 0 Å². The van der Waals surface area contributed by atoms with Crippen LogP contribution in [-0.4, -0.2) is 15.0 Å². The summed E-state index contributed by atoms with van der Waals surface area (Å²) in [6.45, 7) is 2.16. The van der Waals surface area contributed by atoms with Crippen molar-refractivity contribution in [3.05, 3.63) is 35.6 Å². The van der Waals surface area contributed by atoms with Gasteiger partial charge in [-0.1, -0.05) is 13.3 Å². The number of anilines is 1. The van der Waals surface area contributed by atoms with Gasteiger partial charge in [-0.25, -0.2) is 9.97 Å². The third kappa shape index (κ3) is 2.57. The van der Waals surface area contributed by atoms with Crippen molar-refractivity contribution in [3.8, 4) is 21.1 Å². The second-order valence-electron chi connectivity index (χ2n) is 4.35. The van der Waals surface area contributed by atoms with Gasteiger partial charge in [0.2, 0.25) is 0 Å². The summed E-state index contributed by atoms with van der Waals surface area (Å²) in [7, 11) is 0. The van der Waals surface area contributed by atoms with E-state index in [1.54, 1.807) is 23.7 Å². The minimum absolute atomic E-state index is 0.598. The molecule has 0 aliphatic carbocycles. The Bertz CT molecular complexity index is 703. The van der Waals surface area contributed by atoms with Crippen molar-refractivity contribution in [3.63, 3.8) is 0 Å². The van der Waals surface area contributed by atoms with Crippen LogP contribution in [0.25, 0.3) is 21.1 Å². The molecule has 0 saturated carbocycles. The van der Waals surface area contributed by atoms with Crippen molar-refractivity contribution in [2.24, 2.45) is 0 Å². The van der Waals surface area contributed by atoms with Gasteiger partial charge in [0, 0.05) is 23.3 Å². The van der Waals surface area contributed by atoms with Crippen LogP contribution in [0.5, 0.6) is 0 Å². The Hall–Kier alpha value is -1.79. The van der Waals surface area contributed by atoms with Gasteiger partial charge in [0.05, 0.1) is 16.3 Å². The van der Waals surface area contributed by atoms with Crippen molar-refractivity contribution < 1.29 is 0 Å². The predicted molar refractivity (Wildman–Crippen MR) is 84.9 cm³/mol. The van der Waals surface area contributed by atoms with E-state index < -0.39 is 0 Å². The Morgan fingerprint density at radius 3 is 2.65 bits per heavy atom. The first-order chi connectivity index (χ1) is 9.78. The van der Waals surface area contributed by atoms with E-state index in [2.05, 4.69) is 16.9 Å². The molecule has 102 valence electrons. The molecule has 4 nitrogen and oxygen atoms in total. The Balaban J connectivity index is 2.07. The zero-order valence-electron chi connectivity index (χ0n) is 11.0. The average Bonchev–Trinajstić information content (AvgIpc) is 3.07. The van der Waals surface area contributed by atoms with Gasteiger partial charge < -0.3 is 5.73 Å². The predicted octanol–water partition coefficient (Wildman–Crippen LogP) is 3.86. The van der Waals surface area contributed by atoms with Crippen molar-refractivity contribution in [2.45, 2.75) is 19.8 Å². The molecule has 3 rings (SSSR count). The van der Waals surface area contributed by atoms with Gasteiger partial charge >= 0.3 is 0 Å². The molecule has 0 atom stereocenters. The molecule has 0 aliphatic heterocycles. The topological polar surface area (TPSA) is 64.7 Å². The number of aromatic nitrogens is 3. The molecular formula is C14H14N4S2. The number of nitrogens with zero attached hydrogens (tertiary/aromatic N) is 3. The summed E-state index contributed by atoms with van der Waals surface area (Å²) in [5.74, 6) is 0. The summed E-state index contributed by atoms with van der Waals surface area (Å²) in [4.78, 5) is 14.3. The van der Waals surface area contributed by atoms with E-state index in [0.29, 0.717) is 5.13 Å². The first kappa shape index (κ1) is 13.2. The first-order valence-electron chi connectivity index (χ1n) is 6.39. The molecule has 0 spiro atoms. The Morgan fingerprint density at radius 2 is 2.00 bits per heavy atom. The fourth-order valence-corrected chi connectivity index (χ4v) is 3.67. The first-order valence-corrected chi connectivity index (χ1v) is 8.09. The number of hydrogen-bond donors (Lipinski definition) is 1. The number of rotatable bonds is 4. The minimum atomic E-state index is 0.598. The van der Waals surface area contributed by atoms with Crippen molar-refractivity contribution >= 4 is 27.8 Å². The van der Waals surface area contributed by atoms with E-state index in [1.165, 1.54) is 11.3 Å². The molecule has 0 aromatic carbocycles. The standard InChI is InChI=1S/C14H14N4S2/c1-2-3-10-12(11-8-19-14(15)18-11)20-13(17-10)9-4-6-16-7-5-9/h4-8H,2-3H2,1H3,(H2,15,18). The van der Waals surface area contributed by atoms with E-state index in [0.717, 1.165) is 39.7 Å². The van der Waals surface area contributed by atoms with Crippen molar-refractivity contribution in [2.75, 3.05) is 5.73 Å². The van der Waals surface area contributed by atoms with E-state index >= 15 is 0 Å². The van der Waals surface area contributed by atoms with Crippen LogP contribution in [0.15, 0.2) is 29.9 Å². The average molecular weight is 302 g/mol. The normalized spacial score (nSPS) is 10.8. The molecule has 2 N–H and O–H groups in total. The molecule has 0 fully saturated rings. The lowest BCUT2D eigenvalue weighted by Crippen LogP contribution is -1.88. The highest BCUT2D eigenvalue weighted by molar-refractivity contribution is 7.19. The van der Waals surface area contributed by atoms with Crippen LogP contribution in [0.3, 0.4) is 0 Å². The van der Waals surface area contributed by atoms with E-state index in [1.807, 2.05) is 17.5 Å². The third-order valence-electron chi connectivity index (χ3n) is 2.87. The fourth-order valence-electron chi connectivity index (χ4n) is 1.97. The fraction of sp³-hybridized carbons (Fsp3) is 0.214. The Kier molecular flexibility index (Phi) is 3.75. The summed E-state index contributed by atoms with van der Waals surface area (Å²) in [6.07, 6.45) is 5.59. The molecular weight excluding hydrogens is 288 g/mol. The second-order valence-corrected chi connectivity index (χ2v) is 6.24. The lowest BCUT2D eigenvalue weighted by molar-refractivity contribution is 0.894. The van der Waals surface area contributed by atoms with Gasteiger partial charge in [0.1, 0.15) is 5.01 Å². The minimum Gasteiger partial charge on any atom is -0.375 e. The second kappa shape index (κ2) is 5.68. The van der Waals surface area contributed by atoms with Gasteiger partial charge in [-0.05, 0) is 18.6 Å². The van der Waals surface area contributed by atoms with Crippen LogP contribution in [0, 0.1) is 0 Å². The maximum absolute atomic E-state index is 5.74. The number of pyridine rings is 1. The van der Waals surface area contributed by atoms with E-state index in [-0.39, 0.29) is 0 Å². The molecule has 3 aromatic heterocycles. The highest BCUT2D eigenvalue weighted by atomic mass is 32.1. The lowest BCUT2D eigenvalue weighted by atomic mass is 10.2. The molecule has 0 amide bonds. The summed E-state index contributed by atoms with van der Waals surface area (Å²) in [5.41, 5.74) is 8.88. The quantitative estimate of drug-likeness (QED) is 0.794. The van der Waals surface area contributed by atoms with Gasteiger partial charge in [0.25, 0.3) is 0 Å². The zero-order chi connectivity index (χ0) is 13.9. The number of thiazole rings is 2. The molecule has 0 radical (unpaired) electrons. The largest absolute Gasteiger partial charge is 0.375 e. The highest BCUT2D eigenvalue weighted by Gasteiger charge is 2.15. The summed E-state index contributed by atoms with van der Waals surface area (Å²) in [6, 6.07) is 3.96. The molecule has 20 heavy (non-hydrogen) atoms. The summed E-state index contributed by atoms with van der Waals surface area (Å²) < 4.78 is 0. The Morgan fingerprint density at radius 1 is 1.20 bits per heavy atom. The molecule has 0 aliphatic rings. The number of hydrogen-bond acceptors (Lipinski definition) is 6. The van der Waals surface area contributed by atoms with Crippen LogP contribution in [0.1, 0.15) is 19.0 Å². The van der Waals surface area contributed by atoms with E-state index in [9.17, 15) is 0 Å². The summed E-state index contributed by atoms with van der Waals surface area (Å²) >= 11 is 3.14. The van der Waals surface area contributed by atoms with Crippen LogP contribution >= 0.6 is 22.7 Å². The van der Waals surface area contributed by atoms with Gasteiger partial charge in [-0.15, -0.1) is 22.7 Å². The summed E-state index contributed by atoms with van der Waals surface area (Å²) in [5, 5.41) is 3.61. The third-order valence-corrected chi connectivity index (χ3v) is 4.71. The SMILES string of the molecule is CCCc1nc(-c2ccncc2)sc1-c1csc(N)n1. The van der Waals surface area contributed by atoms with Crippen LogP contribution in [0.2, 0.25) is 0 Å². The van der Waals surface area contributed by atoms with Gasteiger partial charge in [-0.3, -0.25) is 4.98 Å². The molecule has 3 heterocycles. The van der Waals surface area contributed by atoms with Crippen LogP contribution in [-0.2, 0) is 6.42 Å². The zero-order valence-corrected chi connectivity index (χ0v) is 12.7. The monoisotopic (exact) mass is 302 g/mol. The number of nitrogens with two attached hydrogens (primary N) is 1. The van der Waals surface area contributed by atoms with E-state index in [4.69, 9.17) is 10.7 Å². The van der Waals surface area contributed by atoms with Crippen LogP contribution < -0.4 is 5.73 Å². The number of nitrogen functional groups attached to an aromatic ring is 1. The van der Waals surface area contributed by atoms with Gasteiger partial charge in [0.15, 0.2) is 5.13 Å². The maximum Gasteiger partial charge on any atom is 0.180 e. The highest BCUT2D eigenvalue weighted by Crippen LogP contribution is 2.36. The number of aryl methyl sites for hydroxylation is 1. The maximum atomic E-state index is 5.74. The molecule has 0 bridgehead atoms. The smallest absolute Gasteiger partial charge is 0.180 e. The van der Waals surface area contributed by atoms with Crippen molar-refractivity contribution in [1.82, 2.24) is 15.0 Å². The lowest BCUT2D eigenvalue weighted by Gasteiger charge is -1.95. The molecule has 3 aromatic rings. The molecule has 0 unspecified atom stereocenters. The van der Waals surface area contributed by atoms with Crippen LogP contribution in [0.4, 0.5) is 5.13 Å². The van der Waals surface area contributed by atoms with Crippen molar-refractivity contribution in [1.29, 1.82) is 0 Å². The Labute approximate surface area is 125 Å². The molecule has 0 saturated heterocycles. The molecule has 6 heteroatoms.